The number of esters is 3. The molecule has 6 aliphatic rings. The monoisotopic (exact) mass is 531 g/mol. The number of likely N-dealkylation sites (tertiary alicyclic amines) is 1. The third-order valence-corrected chi connectivity index (χ3v) is 10.6. The Hall–Kier alpha value is -1.97. The van der Waals surface area contributed by atoms with Crippen LogP contribution in [0.15, 0.2) is 11.1 Å². The summed E-state index contributed by atoms with van der Waals surface area (Å²) in [5, 5.41) is 0. The van der Waals surface area contributed by atoms with Crippen LogP contribution in [-0.2, 0) is 38.1 Å². The Labute approximate surface area is 224 Å². The summed E-state index contributed by atoms with van der Waals surface area (Å²) in [6.07, 6.45) is 5.05. The number of epoxide rings is 1. The summed E-state index contributed by atoms with van der Waals surface area (Å²) < 4.78 is 30.2. The predicted octanol–water partition coefficient (Wildman–Crippen LogP) is 2.80. The zero-order chi connectivity index (χ0) is 26.9. The van der Waals surface area contributed by atoms with Crippen LogP contribution in [0.4, 0.5) is 0 Å². The van der Waals surface area contributed by atoms with Crippen molar-refractivity contribution in [2.24, 2.45) is 23.2 Å². The molecule has 4 aliphatic heterocycles. The van der Waals surface area contributed by atoms with Crippen molar-refractivity contribution >= 4 is 17.9 Å². The fraction of sp³-hybridized carbons (Fsp3) is 0.828. The minimum atomic E-state index is -0.856. The Balaban J connectivity index is 1.20. The average Bonchev–Trinajstić information content (AvgIpc) is 3.53. The van der Waals surface area contributed by atoms with Gasteiger partial charge in [-0.15, -0.1) is 0 Å². The van der Waals surface area contributed by atoms with E-state index >= 15 is 0 Å². The lowest BCUT2D eigenvalue weighted by Gasteiger charge is -2.60. The normalized spacial score (nSPS) is 42.0. The molecule has 0 radical (unpaired) electrons. The summed E-state index contributed by atoms with van der Waals surface area (Å²) >= 11 is 0. The fourth-order valence-corrected chi connectivity index (χ4v) is 8.52. The van der Waals surface area contributed by atoms with Gasteiger partial charge in [-0.1, -0.05) is 27.2 Å². The molecular formula is C29H41NO8. The Morgan fingerprint density at radius 1 is 1.13 bits per heavy atom. The molecule has 38 heavy (non-hydrogen) atoms. The molecule has 9 nitrogen and oxygen atoms in total. The number of carbonyl (C=O) groups excluding carboxylic acids is 3. The second kappa shape index (κ2) is 9.30. The topological polar surface area (TPSA) is 104 Å². The molecule has 4 heterocycles. The molecule has 0 aromatic heterocycles. The van der Waals surface area contributed by atoms with E-state index in [0.29, 0.717) is 19.6 Å². The minimum absolute atomic E-state index is 0.00481. The van der Waals surface area contributed by atoms with E-state index in [2.05, 4.69) is 25.7 Å². The Morgan fingerprint density at radius 2 is 1.89 bits per heavy atom. The molecule has 7 unspecified atom stereocenters. The van der Waals surface area contributed by atoms with Gasteiger partial charge >= 0.3 is 17.9 Å². The van der Waals surface area contributed by atoms with Gasteiger partial charge < -0.3 is 23.7 Å². The molecule has 0 bridgehead atoms. The number of ether oxygens (including phenoxy) is 5. The molecule has 0 N–H and O–H groups in total. The summed E-state index contributed by atoms with van der Waals surface area (Å²) in [6, 6.07) is 0. The first-order valence-corrected chi connectivity index (χ1v) is 14.4. The predicted molar refractivity (Wildman–Crippen MR) is 135 cm³/mol. The number of hydrogen-bond acceptors (Lipinski definition) is 9. The van der Waals surface area contributed by atoms with Crippen LogP contribution in [0.3, 0.4) is 0 Å². The SMILES string of the molecule is CC(C)C1CC2OC23C2(C)CCC4=C(COC4=O)C2COC3(C)C1OC(=O)COC(=O)CN1CCCCC1. The average molecular weight is 532 g/mol. The van der Waals surface area contributed by atoms with Crippen molar-refractivity contribution < 1.29 is 38.1 Å². The van der Waals surface area contributed by atoms with Crippen molar-refractivity contribution in [3.8, 4) is 0 Å². The molecule has 9 heteroatoms. The molecular weight excluding hydrogens is 490 g/mol. The number of rotatable bonds is 6. The third kappa shape index (κ3) is 3.79. The minimum Gasteiger partial charge on any atom is -0.458 e. The van der Waals surface area contributed by atoms with Crippen molar-refractivity contribution in [2.45, 2.75) is 89.6 Å². The maximum absolute atomic E-state index is 13.1. The van der Waals surface area contributed by atoms with Crippen LogP contribution < -0.4 is 0 Å². The largest absolute Gasteiger partial charge is 0.458 e. The van der Waals surface area contributed by atoms with Gasteiger partial charge in [-0.25, -0.2) is 9.59 Å². The zero-order valence-corrected chi connectivity index (χ0v) is 23.1. The zero-order valence-electron chi connectivity index (χ0n) is 23.1. The van der Waals surface area contributed by atoms with Gasteiger partial charge in [-0.05, 0) is 63.6 Å². The Bertz CT molecular complexity index is 1050. The number of cyclic esters (lactones) is 1. The van der Waals surface area contributed by atoms with Crippen molar-refractivity contribution in [3.05, 3.63) is 11.1 Å². The quantitative estimate of drug-likeness (QED) is 0.291. The Kier molecular flexibility index (Phi) is 6.43. The summed E-state index contributed by atoms with van der Waals surface area (Å²) in [6.45, 7) is 10.9. The van der Waals surface area contributed by atoms with Crippen LogP contribution in [0.25, 0.3) is 0 Å². The number of fused-ring (bicyclic) bond motifs is 2. The lowest BCUT2D eigenvalue weighted by atomic mass is 9.49. The molecule has 3 saturated heterocycles. The van der Waals surface area contributed by atoms with Crippen molar-refractivity contribution in [2.75, 3.05) is 39.5 Å². The van der Waals surface area contributed by atoms with Gasteiger partial charge in [-0.2, -0.15) is 0 Å². The number of piperidine rings is 1. The fourth-order valence-electron chi connectivity index (χ4n) is 8.52. The van der Waals surface area contributed by atoms with Gasteiger partial charge in [0.25, 0.3) is 0 Å². The maximum Gasteiger partial charge on any atom is 0.344 e. The van der Waals surface area contributed by atoms with Crippen LogP contribution in [0.2, 0.25) is 0 Å². The second-order valence-corrected chi connectivity index (χ2v) is 12.9. The molecule has 7 atom stereocenters. The lowest BCUT2D eigenvalue weighted by molar-refractivity contribution is -0.262. The van der Waals surface area contributed by atoms with E-state index in [-0.39, 0.29) is 41.8 Å². The Morgan fingerprint density at radius 3 is 2.63 bits per heavy atom. The van der Waals surface area contributed by atoms with E-state index in [1.807, 2.05) is 6.92 Å². The van der Waals surface area contributed by atoms with Gasteiger partial charge in [0.2, 0.25) is 0 Å². The number of hydrogen-bond donors (Lipinski definition) is 0. The third-order valence-electron chi connectivity index (χ3n) is 10.6. The highest BCUT2D eigenvalue weighted by Crippen LogP contribution is 2.72. The summed E-state index contributed by atoms with van der Waals surface area (Å²) in [4.78, 5) is 39.8. The first kappa shape index (κ1) is 26.3. The van der Waals surface area contributed by atoms with Crippen LogP contribution >= 0.6 is 0 Å². The number of nitrogens with zero attached hydrogens (tertiary/aromatic N) is 1. The smallest absolute Gasteiger partial charge is 0.344 e. The van der Waals surface area contributed by atoms with Gasteiger partial charge in [0, 0.05) is 22.8 Å². The van der Waals surface area contributed by atoms with Crippen molar-refractivity contribution in [1.82, 2.24) is 4.90 Å². The molecule has 0 amide bonds. The first-order valence-electron chi connectivity index (χ1n) is 14.4. The van der Waals surface area contributed by atoms with Crippen LogP contribution in [0, 0.1) is 23.2 Å². The highest BCUT2D eigenvalue weighted by molar-refractivity contribution is 5.92. The number of carbonyl (C=O) groups is 3. The lowest BCUT2D eigenvalue weighted by Crippen LogP contribution is -2.72. The van der Waals surface area contributed by atoms with E-state index in [1.54, 1.807) is 0 Å². The highest BCUT2D eigenvalue weighted by Gasteiger charge is 2.84. The van der Waals surface area contributed by atoms with Gasteiger partial charge in [0.1, 0.15) is 23.9 Å². The van der Waals surface area contributed by atoms with E-state index in [9.17, 15) is 14.4 Å². The molecule has 0 aromatic rings. The molecule has 4 fully saturated rings. The summed E-state index contributed by atoms with van der Waals surface area (Å²) in [5.41, 5.74) is 0.109. The van der Waals surface area contributed by atoms with Crippen LogP contribution in [0.1, 0.15) is 66.2 Å². The molecule has 1 saturated carbocycles. The summed E-state index contributed by atoms with van der Waals surface area (Å²) in [7, 11) is 0. The van der Waals surface area contributed by atoms with Crippen molar-refractivity contribution in [3.63, 3.8) is 0 Å². The van der Waals surface area contributed by atoms with Crippen molar-refractivity contribution in [1.29, 1.82) is 0 Å². The van der Waals surface area contributed by atoms with Crippen LogP contribution in [-0.4, -0.2) is 85.7 Å². The van der Waals surface area contributed by atoms with Crippen LogP contribution in [0.5, 0.6) is 0 Å². The molecule has 0 aromatic carbocycles. The molecule has 6 rings (SSSR count). The first-order chi connectivity index (χ1) is 18.1. The summed E-state index contributed by atoms with van der Waals surface area (Å²) in [5.74, 6) is -0.843. The van der Waals surface area contributed by atoms with E-state index in [1.165, 1.54) is 6.42 Å². The van der Waals surface area contributed by atoms with Gasteiger partial charge in [-0.3, -0.25) is 9.69 Å². The maximum atomic E-state index is 13.1. The standard InChI is InChI=1S/C29H41NO8/c1-17(2)19-12-22-29(38-22)27(3)9-8-18-20(14-35-26(18)33)21(27)15-36-28(29,4)25(19)37-24(32)16-34-23(31)13-30-10-6-5-7-11-30/h17,19,21-22,25H,5-16H2,1-4H3. The highest BCUT2D eigenvalue weighted by atomic mass is 16.7. The van der Waals surface area contributed by atoms with E-state index in [4.69, 9.17) is 23.7 Å². The van der Waals surface area contributed by atoms with E-state index in [0.717, 1.165) is 49.9 Å². The molecule has 2 aliphatic carbocycles. The van der Waals surface area contributed by atoms with E-state index < -0.39 is 35.9 Å². The second-order valence-electron chi connectivity index (χ2n) is 12.9. The molecule has 210 valence electrons. The van der Waals surface area contributed by atoms with Gasteiger partial charge in [0.15, 0.2) is 6.61 Å². The van der Waals surface area contributed by atoms with Gasteiger partial charge in [0.05, 0.1) is 19.3 Å². The molecule has 1 spiro atoms.